The van der Waals surface area contributed by atoms with Crippen molar-refractivity contribution in [1.29, 1.82) is 0 Å². The van der Waals surface area contributed by atoms with Crippen molar-refractivity contribution in [2.24, 2.45) is 0 Å². The second-order valence-electron chi connectivity index (χ2n) is 18.5. The molecule has 2 heterocycles. The molecule has 0 saturated carbocycles. The lowest BCUT2D eigenvalue weighted by molar-refractivity contribution is -0.134. The first-order valence-electron chi connectivity index (χ1n) is 24.0. The molecule has 0 bridgehead atoms. The minimum Gasteiger partial charge on any atom is -0.484 e. The van der Waals surface area contributed by atoms with Crippen LogP contribution in [-0.2, 0) is 19.1 Å². The highest BCUT2D eigenvalue weighted by atomic mass is 32.1. The van der Waals surface area contributed by atoms with Crippen LogP contribution in [-0.4, -0.2) is 120 Å². The third kappa shape index (κ3) is 19.5. The highest BCUT2D eigenvalue weighted by Crippen LogP contribution is 2.33. The number of nitrogens with zero attached hydrogens (tertiary/aromatic N) is 4. The fraction of sp³-hybridized carbons (Fsp3) is 0.872. The average Bonchev–Trinajstić information content (AvgIpc) is 3.48. The van der Waals surface area contributed by atoms with E-state index in [1.807, 2.05) is 0 Å². The molecule has 2 fully saturated rings. The molecule has 2 unspecified atom stereocenters. The topological polar surface area (TPSA) is 140 Å². The van der Waals surface area contributed by atoms with E-state index in [1.165, 1.54) is 125 Å². The van der Waals surface area contributed by atoms with Gasteiger partial charge in [0.25, 0.3) is 11.8 Å². The Morgan fingerprint density at radius 1 is 0.492 bits per heavy atom. The fourth-order valence-electron chi connectivity index (χ4n) is 8.04. The molecular weight excluding hydrogens is 813 g/mol. The monoisotopic (exact) mass is 897 g/mol. The highest BCUT2D eigenvalue weighted by Gasteiger charge is 2.57. The van der Waals surface area contributed by atoms with Gasteiger partial charge in [0.1, 0.15) is 43.2 Å². The van der Waals surface area contributed by atoms with Gasteiger partial charge in [-0.05, 0) is 65.0 Å². The largest absolute Gasteiger partial charge is 0.484 e. The quantitative estimate of drug-likeness (QED) is 0.0355. The zero-order valence-corrected chi connectivity index (χ0v) is 40.7. The lowest BCUT2D eigenvalue weighted by atomic mass is 10.0. The number of carbonyl (C=O) groups is 4. The number of rotatable bonds is 36. The number of ether oxygens (including phenoxy) is 2. The molecule has 0 radical (unpaired) electrons. The van der Waals surface area contributed by atoms with Crippen LogP contribution in [0.25, 0.3) is 0 Å². The van der Waals surface area contributed by atoms with Crippen molar-refractivity contribution < 1.29 is 38.9 Å². The Morgan fingerprint density at radius 2 is 0.754 bits per heavy atom. The maximum absolute atomic E-state index is 13.7. The van der Waals surface area contributed by atoms with E-state index < -0.39 is 47.2 Å². The van der Waals surface area contributed by atoms with Gasteiger partial charge < -0.3 is 19.7 Å². The van der Waals surface area contributed by atoms with Crippen molar-refractivity contribution >= 4 is 58.4 Å². The molecule has 2 aliphatic heterocycles. The Morgan fingerprint density at radius 3 is 1.03 bits per heavy atom. The summed E-state index contributed by atoms with van der Waals surface area (Å²) in [6, 6.07) is -1.39. The molecule has 2 saturated heterocycles. The predicted octanol–water partition coefficient (Wildman–Crippen LogP) is 10.6. The molecule has 6 amide bonds. The van der Waals surface area contributed by atoms with Crippen LogP contribution in [0.4, 0.5) is 9.59 Å². The first-order chi connectivity index (χ1) is 29.1. The molecule has 0 aromatic carbocycles. The van der Waals surface area contributed by atoms with Crippen molar-refractivity contribution in [2.45, 2.75) is 232 Å². The molecule has 0 spiro atoms. The summed E-state index contributed by atoms with van der Waals surface area (Å²) in [6.07, 6.45) is 28.7. The number of aliphatic hydroxyl groups is 2. The Bertz CT molecular complexity index is 1250. The number of unbranched alkanes of at least 4 members (excludes halogenated alkanes) is 22. The van der Waals surface area contributed by atoms with Crippen molar-refractivity contribution in [3.8, 4) is 0 Å². The molecule has 2 aliphatic rings. The molecule has 0 aromatic rings. The fourth-order valence-corrected chi connectivity index (χ4v) is 8.47. The van der Waals surface area contributed by atoms with Gasteiger partial charge in [-0.1, -0.05) is 155 Å². The first kappa shape index (κ1) is 54.7. The zero-order chi connectivity index (χ0) is 45.3. The molecule has 14 heteroatoms. The minimum atomic E-state index is -1.37. The number of amides is 6. The first-order valence-corrected chi connectivity index (χ1v) is 24.9. The van der Waals surface area contributed by atoms with E-state index in [9.17, 15) is 29.4 Å². The summed E-state index contributed by atoms with van der Waals surface area (Å²) in [5.41, 5.74) is -2.74. The van der Waals surface area contributed by atoms with E-state index in [2.05, 4.69) is 13.8 Å². The normalized spacial score (nSPS) is 17.2. The molecule has 0 aliphatic carbocycles. The van der Waals surface area contributed by atoms with Crippen molar-refractivity contribution in [3.05, 3.63) is 0 Å². The van der Waals surface area contributed by atoms with Crippen LogP contribution in [0.3, 0.4) is 0 Å². The van der Waals surface area contributed by atoms with E-state index in [1.54, 1.807) is 27.7 Å². The van der Waals surface area contributed by atoms with Gasteiger partial charge in [-0.25, -0.2) is 9.59 Å². The van der Waals surface area contributed by atoms with E-state index in [4.69, 9.17) is 33.9 Å². The summed E-state index contributed by atoms with van der Waals surface area (Å²) in [4.78, 5) is 58.8. The summed E-state index contributed by atoms with van der Waals surface area (Å²) in [5.74, 6) is -1.09. The number of hydrogen-bond donors (Lipinski definition) is 2. The SMILES string of the molecule is CCCCCCCCCCCCCCC(=S)OCC(O)CN1C(=O)N(CN2C(=O)N(CC(O)COC(=S)CCCCCCCCCCCCCC)C(=O)C2(C)C)C(C)(C)C1=O. The van der Waals surface area contributed by atoms with Crippen LogP contribution in [0.5, 0.6) is 0 Å². The highest BCUT2D eigenvalue weighted by molar-refractivity contribution is 7.80. The van der Waals surface area contributed by atoms with E-state index in [0.29, 0.717) is 22.9 Å². The van der Waals surface area contributed by atoms with Crippen molar-refractivity contribution in [1.82, 2.24) is 19.6 Å². The summed E-state index contributed by atoms with van der Waals surface area (Å²) in [6.45, 7) is 9.44. The molecule has 61 heavy (non-hydrogen) atoms. The third-order valence-electron chi connectivity index (χ3n) is 12.2. The Balaban J connectivity index is 1.73. The number of imide groups is 2. The number of thiocarbonyl (C=S) groups is 2. The van der Waals surface area contributed by atoms with Crippen LogP contribution in [0.15, 0.2) is 0 Å². The van der Waals surface area contributed by atoms with Crippen molar-refractivity contribution in [3.63, 3.8) is 0 Å². The number of hydrogen-bond acceptors (Lipinski definition) is 10. The van der Waals surface area contributed by atoms with E-state index in [-0.39, 0.29) is 33.0 Å². The Kier molecular flexibility index (Phi) is 26.8. The summed E-state index contributed by atoms with van der Waals surface area (Å²) < 4.78 is 11.3. The smallest absolute Gasteiger partial charge is 0.329 e. The van der Waals surface area contributed by atoms with Gasteiger partial charge in [0.2, 0.25) is 0 Å². The van der Waals surface area contributed by atoms with Crippen LogP contribution in [0.1, 0.15) is 208 Å². The Hall–Kier alpha value is -2.42. The summed E-state index contributed by atoms with van der Waals surface area (Å²) >= 11 is 10.8. The summed E-state index contributed by atoms with van der Waals surface area (Å²) in [5, 5.41) is 22.3. The second kappa shape index (κ2) is 29.9. The van der Waals surface area contributed by atoms with Crippen LogP contribution in [0.2, 0.25) is 0 Å². The number of β-amino-alcohol motifs (C(OH)–C–C–N with tert-alkyl or cyclic N) is 2. The molecule has 12 nitrogen and oxygen atoms in total. The third-order valence-corrected chi connectivity index (χ3v) is 12.9. The standard InChI is InChI=1S/C47H84N4O8S2/c1-7-9-11-13-15-17-19-21-23-25-27-29-31-40(60)58-35-38(52)33-48-42(54)46(3,4)50(44(48)56)37-51-45(57)49(43(55)47(51,5)6)34-39(53)36-59-41(61)32-30-28-26-24-22-20-18-16-14-12-10-8-2/h38-39,52-53H,7-37H2,1-6H3. The Labute approximate surface area is 380 Å². The molecular formula is C47H84N4O8S2. The minimum absolute atomic E-state index is 0.161. The zero-order valence-electron chi connectivity index (χ0n) is 39.0. The predicted molar refractivity (Wildman–Crippen MR) is 251 cm³/mol. The molecule has 2 rings (SSSR count). The van der Waals surface area contributed by atoms with Gasteiger partial charge in [-0.2, -0.15) is 0 Å². The van der Waals surface area contributed by atoms with Crippen LogP contribution >= 0.6 is 24.4 Å². The van der Waals surface area contributed by atoms with Crippen LogP contribution < -0.4 is 0 Å². The number of carbonyl (C=O) groups excluding carboxylic acids is 4. The lowest BCUT2D eigenvalue weighted by Gasteiger charge is -2.36. The van der Waals surface area contributed by atoms with Crippen LogP contribution in [0, 0.1) is 0 Å². The van der Waals surface area contributed by atoms with E-state index in [0.717, 1.165) is 48.3 Å². The van der Waals surface area contributed by atoms with Gasteiger partial charge in [-0.3, -0.25) is 29.2 Å². The second-order valence-corrected chi connectivity index (χ2v) is 19.4. The molecule has 0 aromatic heterocycles. The molecule has 2 N–H and O–H groups in total. The van der Waals surface area contributed by atoms with Gasteiger partial charge >= 0.3 is 12.1 Å². The lowest BCUT2D eigenvalue weighted by Crippen LogP contribution is -2.55. The molecule has 2 atom stereocenters. The van der Waals surface area contributed by atoms with Gasteiger partial charge in [0.15, 0.2) is 10.1 Å². The maximum Gasteiger partial charge on any atom is 0.329 e. The number of aliphatic hydroxyl groups excluding tert-OH is 2. The van der Waals surface area contributed by atoms with Crippen molar-refractivity contribution in [2.75, 3.05) is 33.0 Å². The molecule has 352 valence electrons. The van der Waals surface area contributed by atoms with Gasteiger partial charge in [-0.15, -0.1) is 0 Å². The van der Waals surface area contributed by atoms with Gasteiger partial charge in [0.05, 0.1) is 13.1 Å². The van der Waals surface area contributed by atoms with Gasteiger partial charge in [0, 0.05) is 12.8 Å². The van der Waals surface area contributed by atoms with E-state index >= 15 is 0 Å². The average molecular weight is 897 g/mol. The summed E-state index contributed by atoms with van der Waals surface area (Å²) in [7, 11) is 0. The maximum atomic E-state index is 13.7. The number of urea groups is 2.